The second-order valence-electron chi connectivity index (χ2n) is 3.26. The summed E-state index contributed by atoms with van der Waals surface area (Å²) in [6.07, 6.45) is 8.76. The van der Waals surface area contributed by atoms with Crippen molar-refractivity contribution in [1.82, 2.24) is 9.55 Å². The molecule has 4 heteroatoms. The third kappa shape index (κ3) is 1.88. The summed E-state index contributed by atoms with van der Waals surface area (Å²) in [6, 6.07) is 0. The van der Waals surface area contributed by atoms with Gasteiger partial charge in [-0.05, 0) is 25.7 Å². The van der Waals surface area contributed by atoms with Crippen molar-refractivity contribution in [1.29, 1.82) is 0 Å². The Morgan fingerprint density at radius 2 is 2.23 bits per heavy atom. The van der Waals surface area contributed by atoms with Gasteiger partial charge < -0.3 is 4.74 Å². The molecular weight excluding hydrogens is 168 g/mol. The molecule has 1 fully saturated rings. The molecule has 0 atom stereocenters. The lowest BCUT2D eigenvalue weighted by atomic mass is 10.3. The monoisotopic (exact) mass is 180 g/mol. The molecule has 70 valence electrons. The first-order valence-corrected chi connectivity index (χ1v) is 4.55. The molecule has 0 saturated heterocycles. The molecule has 0 unspecified atom stereocenters. The second kappa shape index (κ2) is 3.60. The molecule has 1 aromatic heterocycles. The number of nitrogens with zero attached hydrogens (tertiary/aromatic N) is 2. The molecular formula is C9H12N2O2. The van der Waals surface area contributed by atoms with Gasteiger partial charge in [0.05, 0.1) is 0 Å². The van der Waals surface area contributed by atoms with Gasteiger partial charge >= 0.3 is 6.09 Å². The van der Waals surface area contributed by atoms with Crippen molar-refractivity contribution in [3.05, 3.63) is 18.7 Å². The van der Waals surface area contributed by atoms with Crippen molar-refractivity contribution in [3.63, 3.8) is 0 Å². The van der Waals surface area contributed by atoms with Crippen LogP contribution in [0.4, 0.5) is 4.79 Å². The summed E-state index contributed by atoms with van der Waals surface area (Å²) in [5.41, 5.74) is 0. The maximum Gasteiger partial charge on any atom is 0.419 e. The number of carbonyl (C=O) groups excluding carboxylic acids is 1. The van der Waals surface area contributed by atoms with E-state index < -0.39 is 0 Å². The largest absolute Gasteiger partial charge is 0.446 e. The van der Waals surface area contributed by atoms with Crippen LogP contribution in [0.25, 0.3) is 0 Å². The number of ether oxygens (including phenoxy) is 1. The molecule has 1 aliphatic carbocycles. The van der Waals surface area contributed by atoms with E-state index in [1.807, 2.05) is 0 Å². The van der Waals surface area contributed by atoms with Crippen LogP contribution in [0.1, 0.15) is 25.7 Å². The molecule has 0 spiro atoms. The maximum absolute atomic E-state index is 11.4. The van der Waals surface area contributed by atoms with Crippen LogP contribution >= 0.6 is 0 Å². The fourth-order valence-electron chi connectivity index (χ4n) is 1.58. The molecule has 0 N–H and O–H groups in total. The molecule has 13 heavy (non-hydrogen) atoms. The summed E-state index contributed by atoms with van der Waals surface area (Å²) in [7, 11) is 0. The number of carbonyl (C=O) groups is 1. The molecule has 1 saturated carbocycles. The molecule has 1 aromatic rings. The van der Waals surface area contributed by atoms with Gasteiger partial charge in [-0.3, -0.25) is 0 Å². The molecule has 1 aliphatic rings. The van der Waals surface area contributed by atoms with Crippen molar-refractivity contribution >= 4 is 6.09 Å². The number of rotatable bonds is 1. The van der Waals surface area contributed by atoms with Gasteiger partial charge in [-0.25, -0.2) is 14.3 Å². The third-order valence-corrected chi connectivity index (χ3v) is 2.28. The number of hydrogen-bond acceptors (Lipinski definition) is 3. The van der Waals surface area contributed by atoms with E-state index in [-0.39, 0.29) is 12.2 Å². The predicted octanol–water partition coefficient (Wildman–Crippen LogP) is 1.81. The Morgan fingerprint density at radius 1 is 1.46 bits per heavy atom. The smallest absolute Gasteiger partial charge is 0.419 e. The van der Waals surface area contributed by atoms with Crippen LogP contribution in [0.2, 0.25) is 0 Å². The quantitative estimate of drug-likeness (QED) is 0.662. The summed E-state index contributed by atoms with van der Waals surface area (Å²) in [5.74, 6) is 0. The van der Waals surface area contributed by atoms with E-state index in [9.17, 15) is 4.79 Å². The first kappa shape index (κ1) is 8.29. The zero-order valence-electron chi connectivity index (χ0n) is 7.35. The van der Waals surface area contributed by atoms with Gasteiger partial charge in [0, 0.05) is 12.4 Å². The first-order valence-electron chi connectivity index (χ1n) is 4.55. The van der Waals surface area contributed by atoms with Crippen molar-refractivity contribution in [2.24, 2.45) is 0 Å². The van der Waals surface area contributed by atoms with Crippen LogP contribution in [0.3, 0.4) is 0 Å². The number of imidazole rings is 1. The molecule has 4 nitrogen and oxygen atoms in total. The standard InChI is InChI=1S/C9H12N2O2/c12-9(11-6-5-10-7-11)13-8-3-1-2-4-8/h5-8H,1-4H2. The van der Waals surface area contributed by atoms with E-state index >= 15 is 0 Å². The number of aromatic nitrogens is 2. The molecule has 0 aromatic carbocycles. The van der Waals surface area contributed by atoms with Crippen molar-refractivity contribution < 1.29 is 9.53 Å². The van der Waals surface area contributed by atoms with E-state index in [2.05, 4.69) is 4.98 Å². The Labute approximate surface area is 76.5 Å². The summed E-state index contributed by atoms with van der Waals surface area (Å²) in [6.45, 7) is 0. The van der Waals surface area contributed by atoms with Crippen LogP contribution in [0.5, 0.6) is 0 Å². The molecule has 0 bridgehead atoms. The Bertz CT molecular complexity index is 276. The Morgan fingerprint density at radius 3 is 2.85 bits per heavy atom. The van der Waals surface area contributed by atoms with E-state index in [4.69, 9.17) is 4.74 Å². The lowest BCUT2D eigenvalue weighted by Gasteiger charge is -2.10. The van der Waals surface area contributed by atoms with Crippen LogP contribution in [0, 0.1) is 0 Å². The van der Waals surface area contributed by atoms with Gasteiger partial charge in [-0.2, -0.15) is 0 Å². The van der Waals surface area contributed by atoms with Crippen LogP contribution in [0.15, 0.2) is 18.7 Å². The van der Waals surface area contributed by atoms with Gasteiger partial charge in [-0.15, -0.1) is 0 Å². The summed E-state index contributed by atoms with van der Waals surface area (Å²) in [4.78, 5) is 15.1. The van der Waals surface area contributed by atoms with E-state index in [1.54, 1.807) is 12.4 Å². The highest BCUT2D eigenvalue weighted by molar-refractivity contribution is 5.70. The molecule has 0 aliphatic heterocycles. The van der Waals surface area contributed by atoms with Crippen LogP contribution in [-0.4, -0.2) is 21.7 Å². The zero-order chi connectivity index (χ0) is 9.10. The number of hydrogen-bond donors (Lipinski definition) is 0. The fourth-order valence-corrected chi connectivity index (χ4v) is 1.58. The van der Waals surface area contributed by atoms with E-state index in [0.29, 0.717) is 0 Å². The molecule has 0 amide bonds. The summed E-state index contributed by atoms with van der Waals surface area (Å²) in [5, 5.41) is 0. The highest BCUT2D eigenvalue weighted by Crippen LogP contribution is 2.21. The van der Waals surface area contributed by atoms with E-state index in [1.165, 1.54) is 23.7 Å². The lowest BCUT2D eigenvalue weighted by molar-refractivity contribution is 0.102. The van der Waals surface area contributed by atoms with Gasteiger partial charge in [-0.1, -0.05) is 0 Å². The lowest BCUT2D eigenvalue weighted by Crippen LogP contribution is -2.18. The van der Waals surface area contributed by atoms with E-state index in [0.717, 1.165) is 12.8 Å². The summed E-state index contributed by atoms with van der Waals surface area (Å²) >= 11 is 0. The van der Waals surface area contributed by atoms with Crippen LogP contribution in [-0.2, 0) is 4.74 Å². The zero-order valence-corrected chi connectivity index (χ0v) is 7.35. The predicted molar refractivity (Wildman–Crippen MR) is 46.4 cm³/mol. The average Bonchev–Trinajstić information content (AvgIpc) is 2.74. The van der Waals surface area contributed by atoms with Crippen LogP contribution < -0.4 is 0 Å². The SMILES string of the molecule is O=C(OC1CCCC1)n1ccnc1. The van der Waals surface area contributed by atoms with Crippen molar-refractivity contribution in [3.8, 4) is 0 Å². The highest BCUT2D eigenvalue weighted by atomic mass is 16.6. The molecule has 2 rings (SSSR count). The first-order chi connectivity index (χ1) is 6.36. The van der Waals surface area contributed by atoms with Gasteiger partial charge in [0.2, 0.25) is 0 Å². The topological polar surface area (TPSA) is 44.1 Å². The molecule has 1 heterocycles. The Hall–Kier alpha value is -1.32. The average molecular weight is 180 g/mol. The minimum Gasteiger partial charge on any atom is -0.446 e. The minimum absolute atomic E-state index is 0.120. The normalized spacial score (nSPS) is 17.5. The minimum atomic E-state index is -0.315. The van der Waals surface area contributed by atoms with Crippen molar-refractivity contribution in [2.75, 3.05) is 0 Å². The highest BCUT2D eigenvalue weighted by Gasteiger charge is 2.19. The Kier molecular flexibility index (Phi) is 2.29. The van der Waals surface area contributed by atoms with Gasteiger partial charge in [0.25, 0.3) is 0 Å². The fraction of sp³-hybridized carbons (Fsp3) is 0.556. The second-order valence-corrected chi connectivity index (χ2v) is 3.26. The molecule has 0 radical (unpaired) electrons. The third-order valence-electron chi connectivity index (χ3n) is 2.28. The summed E-state index contributed by atoms with van der Waals surface area (Å²) < 4.78 is 6.60. The van der Waals surface area contributed by atoms with Gasteiger partial charge in [0.1, 0.15) is 12.4 Å². The maximum atomic E-state index is 11.4. The van der Waals surface area contributed by atoms with Crippen molar-refractivity contribution in [2.45, 2.75) is 31.8 Å². The van der Waals surface area contributed by atoms with Gasteiger partial charge in [0.15, 0.2) is 0 Å². The Balaban J connectivity index is 1.91.